The first-order valence-electron chi connectivity index (χ1n) is 7.93. The van der Waals surface area contributed by atoms with Gasteiger partial charge in [0, 0.05) is 11.8 Å². The molecule has 0 amide bonds. The third-order valence-corrected chi connectivity index (χ3v) is 3.95. The molecule has 0 unspecified atom stereocenters. The Bertz CT molecular complexity index is 313. The molecule has 0 aromatic carbocycles. The van der Waals surface area contributed by atoms with E-state index in [2.05, 4.69) is 41.5 Å². The van der Waals surface area contributed by atoms with Gasteiger partial charge in [0.25, 0.3) is 0 Å². The summed E-state index contributed by atoms with van der Waals surface area (Å²) < 4.78 is 22.0. The Morgan fingerprint density at radius 3 is 1.36 bits per heavy atom. The Kier molecular flexibility index (Phi) is 7.55. The lowest BCUT2D eigenvalue weighted by molar-refractivity contribution is -0.208. The van der Waals surface area contributed by atoms with Crippen LogP contribution in [-0.4, -0.2) is 38.0 Å². The predicted octanol–water partition coefficient (Wildman–Crippen LogP) is 4.62. The molecule has 22 heavy (non-hydrogen) atoms. The molecule has 2 aliphatic heterocycles. The number of hydrogen-bond acceptors (Lipinski definition) is 4. The van der Waals surface area contributed by atoms with Crippen molar-refractivity contribution in [2.75, 3.05) is 26.4 Å². The van der Waals surface area contributed by atoms with E-state index in [1.54, 1.807) is 0 Å². The van der Waals surface area contributed by atoms with Gasteiger partial charge in [-0.15, -0.1) is 0 Å². The van der Waals surface area contributed by atoms with Crippen LogP contribution >= 0.6 is 0 Å². The Morgan fingerprint density at radius 2 is 1.09 bits per heavy atom. The van der Waals surface area contributed by atoms with Gasteiger partial charge in [0.05, 0.1) is 26.4 Å². The first-order valence-corrected chi connectivity index (χ1v) is 7.93. The van der Waals surface area contributed by atoms with Crippen molar-refractivity contribution in [1.29, 1.82) is 0 Å². The van der Waals surface area contributed by atoms with Gasteiger partial charge in [0.1, 0.15) is 0 Å². The van der Waals surface area contributed by atoms with Crippen molar-refractivity contribution in [1.82, 2.24) is 0 Å². The minimum atomic E-state index is -0.368. The number of ether oxygens (including phenoxy) is 4. The van der Waals surface area contributed by atoms with E-state index in [4.69, 9.17) is 18.9 Å². The van der Waals surface area contributed by atoms with Crippen molar-refractivity contribution in [2.24, 2.45) is 10.8 Å². The fraction of sp³-hybridized carbons (Fsp3) is 1.00. The van der Waals surface area contributed by atoms with Crippen LogP contribution in [0.2, 0.25) is 0 Å². The van der Waals surface area contributed by atoms with E-state index in [0.29, 0.717) is 0 Å². The molecule has 0 atom stereocenters. The summed E-state index contributed by atoms with van der Waals surface area (Å²) in [6.45, 7) is 19.9. The topological polar surface area (TPSA) is 36.9 Å². The predicted molar refractivity (Wildman–Crippen MR) is 90.9 cm³/mol. The lowest BCUT2D eigenvalue weighted by atomic mass is 9.87. The van der Waals surface area contributed by atoms with E-state index in [9.17, 15) is 0 Å². The quantitative estimate of drug-likeness (QED) is 0.707. The molecule has 0 radical (unpaired) electrons. The van der Waals surface area contributed by atoms with Gasteiger partial charge >= 0.3 is 0 Å². The van der Waals surface area contributed by atoms with Crippen LogP contribution in [0.25, 0.3) is 0 Å². The molecule has 4 nitrogen and oxygen atoms in total. The third kappa shape index (κ3) is 6.53. The molecule has 134 valence electrons. The highest BCUT2D eigenvalue weighted by Gasteiger charge is 2.42. The van der Waals surface area contributed by atoms with Crippen LogP contribution in [0.4, 0.5) is 0 Å². The fourth-order valence-corrected chi connectivity index (χ4v) is 2.57. The lowest BCUT2D eigenvalue weighted by Gasteiger charge is -2.36. The van der Waals surface area contributed by atoms with Gasteiger partial charge in [-0.25, -0.2) is 0 Å². The van der Waals surface area contributed by atoms with Crippen molar-refractivity contribution < 1.29 is 18.9 Å². The Hall–Kier alpha value is -0.160. The van der Waals surface area contributed by atoms with Crippen molar-refractivity contribution in [3.63, 3.8) is 0 Å². The largest absolute Gasteiger partial charge is 0.348 e. The second-order valence-corrected chi connectivity index (χ2v) is 8.46. The summed E-state index contributed by atoms with van der Waals surface area (Å²) in [6.07, 6.45) is 0.958. The zero-order chi connectivity index (χ0) is 16.4. The maximum atomic E-state index is 5.49. The minimum Gasteiger partial charge on any atom is -0.348 e. The summed E-state index contributed by atoms with van der Waals surface area (Å²) in [5.74, 6) is -0.689. The monoisotopic (exact) mass is 318 g/mol. The molecule has 2 saturated heterocycles. The van der Waals surface area contributed by atoms with Crippen LogP contribution in [0, 0.1) is 10.8 Å². The standard InChI is InChI=1S/C9H18O2.C8H16O2.CH4/c1-8(2,3)7-9(4)10-5-6-11-9;1-7(2,3)8(4)9-5-6-10-8;/h5-7H2,1-4H3;5-6H2,1-4H3;1H4. The molecule has 0 aromatic rings. The molecule has 2 aliphatic rings. The molecule has 0 bridgehead atoms. The molecule has 0 aliphatic carbocycles. The van der Waals surface area contributed by atoms with Crippen LogP contribution in [0.3, 0.4) is 0 Å². The highest BCUT2D eigenvalue weighted by molar-refractivity contribution is 4.82. The SMILES string of the molecule is C.CC(C)(C)C1(C)OCCO1.CC(C)(C)CC1(C)OCCO1. The zero-order valence-corrected chi connectivity index (χ0v) is 15.2. The fourth-order valence-electron chi connectivity index (χ4n) is 2.57. The molecule has 4 heteroatoms. The summed E-state index contributed by atoms with van der Waals surface area (Å²) in [4.78, 5) is 0. The molecule has 0 spiro atoms. The molecular weight excluding hydrogens is 280 g/mol. The average molecular weight is 318 g/mol. The molecular formula is C18H38O4. The van der Waals surface area contributed by atoms with Crippen molar-refractivity contribution in [2.45, 2.75) is 80.8 Å². The van der Waals surface area contributed by atoms with E-state index in [-0.39, 0.29) is 29.8 Å². The maximum Gasteiger partial charge on any atom is 0.170 e. The first-order chi connectivity index (χ1) is 9.37. The van der Waals surface area contributed by atoms with Crippen LogP contribution in [0.5, 0.6) is 0 Å². The smallest absolute Gasteiger partial charge is 0.170 e. The second-order valence-electron chi connectivity index (χ2n) is 8.46. The van der Waals surface area contributed by atoms with Gasteiger partial charge in [-0.3, -0.25) is 0 Å². The van der Waals surface area contributed by atoms with E-state index in [0.717, 1.165) is 32.8 Å². The Labute approximate surface area is 137 Å². The van der Waals surface area contributed by atoms with Crippen molar-refractivity contribution in [3.8, 4) is 0 Å². The van der Waals surface area contributed by atoms with Crippen LogP contribution in [0.15, 0.2) is 0 Å². The maximum absolute atomic E-state index is 5.49. The second kappa shape index (κ2) is 7.61. The van der Waals surface area contributed by atoms with Crippen LogP contribution in [0.1, 0.15) is 69.2 Å². The van der Waals surface area contributed by atoms with E-state index in [1.165, 1.54) is 0 Å². The van der Waals surface area contributed by atoms with Gasteiger partial charge in [0.15, 0.2) is 11.6 Å². The normalized spacial score (nSPS) is 23.5. The van der Waals surface area contributed by atoms with Gasteiger partial charge in [-0.05, 0) is 19.3 Å². The summed E-state index contributed by atoms with van der Waals surface area (Å²) >= 11 is 0. The summed E-state index contributed by atoms with van der Waals surface area (Å²) in [6, 6.07) is 0. The molecule has 0 N–H and O–H groups in total. The Balaban J connectivity index is 0.000000385. The van der Waals surface area contributed by atoms with Gasteiger partial charge < -0.3 is 18.9 Å². The van der Waals surface area contributed by atoms with Crippen LogP contribution < -0.4 is 0 Å². The lowest BCUT2D eigenvalue weighted by Crippen LogP contribution is -2.40. The van der Waals surface area contributed by atoms with Crippen molar-refractivity contribution in [3.05, 3.63) is 0 Å². The zero-order valence-electron chi connectivity index (χ0n) is 15.2. The molecule has 0 saturated carbocycles. The van der Waals surface area contributed by atoms with E-state index in [1.807, 2.05) is 13.8 Å². The Morgan fingerprint density at radius 1 is 0.727 bits per heavy atom. The number of hydrogen-bond donors (Lipinski definition) is 0. The molecule has 2 fully saturated rings. The van der Waals surface area contributed by atoms with Crippen LogP contribution in [-0.2, 0) is 18.9 Å². The van der Waals surface area contributed by atoms with Gasteiger partial charge in [-0.1, -0.05) is 49.0 Å². The van der Waals surface area contributed by atoms with Gasteiger partial charge in [0.2, 0.25) is 0 Å². The highest BCUT2D eigenvalue weighted by Crippen LogP contribution is 2.37. The average Bonchev–Trinajstić information content (AvgIpc) is 2.85. The van der Waals surface area contributed by atoms with Crippen molar-refractivity contribution >= 4 is 0 Å². The third-order valence-electron chi connectivity index (χ3n) is 3.95. The number of rotatable bonds is 1. The summed E-state index contributed by atoms with van der Waals surface area (Å²) in [5, 5.41) is 0. The minimum absolute atomic E-state index is 0. The van der Waals surface area contributed by atoms with E-state index < -0.39 is 0 Å². The molecule has 2 heterocycles. The summed E-state index contributed by atoms with van der Waals surface area (Å²) in [5.41, 5.74) is 0.350. The highest BCUT2D eigenvalue weighted by atomic mass is 16.7. The summed E-state index contributed by atoms with van der Waals surface area (Å²) in [7, 11) is 0. The first kappa shape index (κ1) is 21.8. The molecule has 2 rings (SSSR count). The van der Waals surface area contributed by atoms with E-state index >= 15 is 0 Å². The molecule has 0 aromatic heterocycles. The van der Waals surface area contributed by atoms with Gasteiger partial charge in [-0.2, -0.15) is 0 Å².